The summed E-state index contributed by atoms with van der Waals surface area (Å²) in [4.78, 5) is 14.1. The Hall–Kier alpha value is -1.40. The van der Waals surface area contributed by atoms with Crippen LogP contribution >= 0.6 is 11.8 Å². The van der Waals surface area contributed by atoms with Crippen LogP contribution in [0.1, 0.15) is 18.9 Å². The maximum absolute atomic E-state index is 12.3. The van der Waals surface area contributed by atoms with E-state index in [0.29, 0.717) is 6.42 Å². The molecule has 0 spiro atoms. The lowest BCUT2D eigenvalue weighted by Gasteiger charge is -2.27. The van der Waals surface area contributed by atoms with Gasteiger partial charge in [-0.25, -0.2) is 0 Å². The predicted molar refractivity (Wildman–Crippen MR) is 89.5 cm³/mol. The average molecular weight is 324 g/mol. The van der Waals surface area contributed by atoms with E-state index in [1.54, 1.807) is 16.7 Å². The first kappa shape index (κ1) is 17.0. The quantitative estimate of drug-likeness (QED) is 0.830. The smallest absolute Gasteiger partial charge is 0.239 e. The number of fused-ring (bicyclic) bond motifs is 1. The summed E-state index contributed by atoms with van der Waals surface area (Å²) in [5, 5.41) is 0. The van der Waals surface area contributed by atoms with Crippen LogP contribution in [-0.4, -0.2) is 48.7 Å². The summed E-state index contributed by atoms with van der Waals surface area (Å²) < 4.78 is 10.7. The van der Waals surface area contributed by atoms with Crippen LogP contribution in [0.5, 0.6) is 11.5 Å². The largest absolute Gasteiger partial charge is 0.454 e. The van der Waals surface area contributed by atoms with Crippen molar-refractivity contribution in [2.45, 2.75) is 31.8 Å². The molecule has 5 nitrogen and oxygen atoms in total. The Morgan fingerprint density at radius 2 is 2.14 bits per heavy atom. The minimum Gasteiger partial charge on any atom is -0.454 e. The van der Waals surface area contributed by atoms with E-state index in [2.05, 4.69) is 0 Å². The minimum atomic E-state index is -0.420. The molecule has 1 aliphatic rings. The van der Waals surface area contributed by atoms with Gasteiger partial charge in [-0.3, -0.25) is 4.79 Å². The summed E-state index contributed by atoms with van der Waals surface area (Å²) in [5.41, 5.74) is 7.09. The molecule has 1 aromatic rings. The Balaban J connectivity index is 1.93. The van der Waals surface area contributed by atoms with Crippen LogP contribution in [0.2, 0.25) is 0 Å². The number of likely N-dealkylation sites (N-methyl/N-ethyl adjacent to an activating group) is 1. The van der Waals surface area contributed by atoms with Crippen molar-refractivity contribution in [2.24, 2.45) is 5.73 Å². The number of rotatable bonds is 7. The molecule has 1 aromatic carbocycles. The third-order valence-electron chi connectivity index (χ3n) is 3.93. The molecule has 22 heavy (non-hydrogen) atoms. The van der Waals surface area contributed by atoms with E-state index in [-0.39, 0.29) is 18.7 Å². The second-order valence-corrected chi connectivity index (χ2v) is 6.56. The topological polar surface area (TPSA) is 64.8 Å². The van der Waals surface area contributed by atoms with Crippen LogP contribution in [0, 0.1) is 0 Å². The second-order valence-electron chi connectivity index (χ2n) is 5.58. The molecule has 1 aliphatic heterocycles. The number of ether oxygens (including phenoxy) is 2. The highest BCUT2D eigenvalue weighted by Gasteiger charge is 2.22. The summed E-state index contributed by atoms with van der Waals surface area (Å²) in [7, 11) is 1.82. The SMILES string of the molecule is CSCCC(N)C(=O)N(C)C(C)Cc1ccc2c(c1)OCO2. The standard InChI is InChI=1S/C16H24N2O3S/c1-11(18(2)16(19)13(17)6-7-22-3)8-12-4-5-14-15(9-12)21-10-20-14/h4-5,9,11,13H,6-8,10,17H2,1-3H3. The Bertz CT molecular complexity index is 524. The van der Waals surface area contributed by atoms with Crippen molar-refractivity contribution in [3.63, 3.8) is 0 Å². The van der Waals surface area contributed by atoms with Gasteiger partial charge in [0.25, 0.3) is 0 Å². The third kappa shape index (κ3) is 4.08. The zero-order valence-corrected chi connectivity index (χ0v) is 14.2. The monoisotopic (exact) mass is 324 g/mol. The molecule has 0 aromatic heterocycles. The van der Waals surface area contributed by atoms with Crippen molar-refractivity contribution in [1.29, 1.82) is 0 Å². The molecule has 1 heterocycles. The predicted octanol–water partition coefficient (Wildman–Crippen LogP) is 1.89. The summed E-state index contributed by atoms with van der Waals surface area (Å²) in [6.45, 7) is 2.31. The maximum Gasteiger partial charge on any atom is 0.239 e. The van der Waals surface area contributed by atoms with Gasteiger partial charge in [0, 0.05) is 13.1 Å². The molecule has 2 rings (SSSR count). The highest BCUT2D eigenvalue weighted by Crippen LogP contribution is 2.32. The molecule has 6 heteroatoms. The van der Waals surface area contributed by atoms with Crippen molar-refractivity contribution in [3.05, 3.63) is 23.8 Å². The fraction of sp³-hybridized carbons (Fsp3) is 0.562. The number of carbonyl (C=O) groups excluding carboxylic acids is 1. The number of amides is 1. The lowest BCUT2D eigenvalue weighted by Crippen LogP contribution is -2.46. The van der Waals surface area contributed by atoms with Gasteiger partial charge in [-0.1, -0.05) is 6.07 Å². The molecule has 0 fully saturated rings. The van der Waals surface area contributed by atoms with E-state index >= 15 is 0 Å². The van der Waals surface area contributed by atoms with Crippen molar-refractivity contribution < 1.29 is 14.3 Å². The fourth-order valence-corrected chi connectivity index (χ4v) is 2.88. The number of hydrogen-bond acceptors (Lipinski definition) is 5. The lowest BCUT2D eigenvalue weighted by atomic mass is 10.0. The number of carbonyl (C=O) groups is 1. The summed E-state index contributed by atoms with van der Waals surface area (Å²) in [6, 6.07) is 5.56. The van der Waals surface area contributed by atoms with E-state index in [0.717, 1.165) is 29.2 Å². The van der Waals surface area contributed by atoms with Gasteiger partial charge >= 0.3 is 0 Å². The first-order valence-corrected chi connectivity index (χ1v) is 8.82. The molecule has 2 atom stereocenters. The zero-order valence-electron chi connectivity index (χ0n) is 13.4. The number of nitrogens with zero attached hydrogens (tertiary/aromatic N) is 1. The molecule has 2 N–H and O–H groups in total. The summed E-state index contributed by atoms with van der Waals surface area (Å²) in [6.07, 6.45) is 3.48. The van der Waals surface area contributed by atoms with Gasteiger partial charge in [0.1, 0.15) is 0 Å². The molecule has 0 radical (unpaired) electrons. The van der Waals surface area contributed by atoms with E-state index < -0.39 is 6.04 Å². The van der Waals surface area contributed by atoms with Crippen LogP contribution in [0.15, 0.2) is 18.2 Å². The Labute approximate surface area is 136 Å². The highest BCUT2D eigenvalue weighted by molar-refractivity contribution is 7.98. The zero-order chi connectivity index (χ0) is 16.1. The normalized spacial score (nSPS) is 15.5. The van der Waals surface area contributed by atoms with Crippen molar-refractivity contribution in [3.8, 4) is 11.5 Å². The molecule has 0 saturated heterocycles. The van der Waals surface area contributed by atoms with E-state index in [1.165, 1.54) is 0 Å². The molecule has 122 valence electrons. The number of hydrogen-bond donors (Lipinski definition) is 1. The van der Waals surface area contributed by atoms with Crippen LogP contribution in [0.25, 0.3) is 0 Å². The number of thioether (sulfide) groups is 1. The Morgan fingerprint density at radius 1 is 1.41 bits per heavy atom. The Morgan fingerprint density at radius 3 is 2.86 bits per heavy atom. The van der Waals surface area contributed by atoms with Gasteiger partial charge in [-0.05, 0) is 49.5 Å². The summed E-state index contributed by atoms with van der Waals surface area (Å²) in [5.74, 6) is 2.45. The van der Waals surface area contributed by atoms with E-state index in [4.69, 9.17) is 15.2 Å². The van der Waals surface area contributed by atoms with Gasteiger partial charge in [0.2, 0.25) is 12.7 Å². The number of benzene rings is 1. The molecule has 0 saturated carbocycles. The van der Waals surface area contributed by atoms with Crippen LogP contribution in [-0.2, 0) is 11.2 Å². The average Bonchev–Trinajstić information content (AvgIpc) is 2.98. The maximum atomic E-state index is 12.3. The van der Waals surface area contributed by atoms with Crippen molar-refractivity contribution in [2.75, 3.05) is 25.8 Å². The van der Waals surface area contributed by atoms with Crippen LogP contribution in [0.4, 0.5) is 0 Å². The molecule has 1 amide bonds. The van der Waals surface area contributed by atoms with Crippen LogP contribution < -0.4 is 15.2 Å². The van der Waals surface area contributed by atoms with Crippen LogP contribution in [0.3, 0.4) is 0 Å². The molecule has 0 aliphatic carbocycles. The van der Waals surface area contributed by atoms with E-state index in [1.807, 2.05) is 38.4 Å². The number of nitrogens with two attached hydrogens (primary N) is 1. The molecular weight excluding hydrogens is 300 g/mol. The van der Waals surface area contributed by atoms with Gasteiger partial charge < -0.3 is 20.1 Å². The van der Waals surface area contributed by atoms with Crippen molar-refractivity contribution in [1.82, 2.24) is 4.90 Å². The third-order valence-corrected chi connectivity index (χ3v) is 4.57. The minimum absolute atomic E-state index is 0.00212. The van der Waals surface area contributed by atoms with Gasteiger partial charge in [-0.2, -0.15) is 11.8 Å². The van der Waals surface area contributed by atoms with Gasteiger partial charge in [0.05, 0.1) is 6.04 Å². The highest BCUT2D eigenvalue weighted by atomic mass is 32.2. The first-order valence-electron chi connectivity index (χ1n) is 7.42. The molecule has 0 bridgehead atoms. The summed E-state index contributed by atoms with van der Waals surface area (Å²) >= 11 is 1.70. The van der Waals surface area contributed by atoms with E-state index in [9.17, 15) is 4.79 Å². The Kier molecular flexibility index (Phi) is 5.97. The lowest BCUT2D eigenvalue weighted by molar-refractivity contribution is -0.133. The van der Waals surface area contributed by atoms with Gasteiger partial charge in [0.15, 0.2) is 11.5 Å². The van der Waals surface area contributed by atoms with Gasteiger partial charge in [-0.15, -0.1) is 0 Å². The fourth-order valence-electron chi connectivity index (χ4n) is 2.39. The molecule has 2 unspecified atom stereocenters. The first-order chi connectivity index (χ1) is 10.5. The second kappa shape index (κ2) is 7.74. The van der Waals surface area contributed by atoms with Crippen molar-refractivity contribution >= 4 is 17.7 Å². The molecular formula is C16H24N2O3S.